The molecule has 2 unspecified atom stereocenters. The molecule has 0 aliphatic rings. The molecule has 0 heterocycles. The second-order valence-corrected chi connectivity index (χ2v) is 16.5. The molecule has 0 amide bonds. The highest BCUT2D eigenvalue weighted by atomic mass is 32.2. The Bertz CT molecular complexity index is 949. The molecule has 0 bridgehead atoms. The van der Waals surface area contributed by atoms with Crippen LogP contribution >= 0.6 is 0 Å². The topological polar surface area (TPSA) is 29.1 Å². The minimum atomic E-state index is -1.46. The van der Waals surface area contributed by atoms with E-state index in [0.717, 1.165) is 10.5 Å². The fourth-order valence-electron chi connectivity index (χ4n) is 3.62. The van der Waals surface area contributed by atoms with Gasteiger partial charge in [0.15, 0.2) is 0 Å². The van der Waals surface area contributed by atoms with Crippen molar-refractivity contribution in [2.75, 3.05) is 0 Å². The number of hydrogen-bond acceptors (Lipinski definition) is 1. The van der Waals surface area contributed by atoms with E-state index in [0.29, 0.717) is 24.2 Å². The fourth-order valence-corrected chi connectivity index (χ4v) is 5.87. The second kappa shape index (κ2) is 11.5. The first-order valence-electron chi connectivity index (χ1n) is 11.8. The Morgan fingerprint density at radius 1 is 0.844 bits per heavy atom. The Kier molecular flexibility index (Phi) is 9.51. The summed E-state index contributed by atoms with van der Waals surface area (Å²) in [6.07, 6.45) is 0.651. The molecule has 1 N–H and O–H groups in total. The van der Waals surface area contributed by atoms with E-state index in [1.165, 1.54) is 16.7 Å². The summed E-state index contributed by atoms with van der Waals surface area (Å²) >= 11 is 0. The predicted octanol–water partition coefficient (Wildman–Crippen LogP) is 7.68. The lowest BCUT2D eigenvalue weighted by Crippen LogP contribution is -2.26. The molecule has 4 heteroatoms. The molecule has 0 aromatic heterocycles. The summed E-state index contributed by atoms with van der Waals surface area (Å²) in [6, 6.07) is 14.7. The zero-order valence-corrected chi connectivity index (χ0v) is 23.2. The van der Waals surface area contributed by atoms with Gasteiger partial charge in [0.25, 0.3) is 0 Å². The maximum absolute atomic E-state index is 13.9. The van der Waals surface area contributed by atoms with Crippen molar-refractivity contribution in [3.05, 3.63) is 64.7 Å². The summed E-state index contributed by atoms with van der Waals surface area (Å²) in [6.45, 7) is 20.0. The van der Waals surface area contributed by atoms with Crippen molar-refractivity contribution in [2.45, 2.75) is 96.3 Å². The molecule has 2 nitrogen and oxygen atoms in total. The van der Waals surface area contributed by atoms with Crippen LogP contribution in [-0.2, 0) is 11.0 Å². The van der Waals surface area contributed by atoms with Crippen LogP contribution in [0.1, 0.15) is 94.0 Å². The third kappa shape index (κ3) is 7.44. The normalized spacial score (nSPS) is 13.9. The average Bonchev–Trinajstić information content (AvgIpc) is 2.71. The van der Waals surface area contributed by atoms with Gasteiger partial charge in [0.2, 0.25) is 0 Å². The molecule has 174 valence electrons. The van der Waals surface area contributed by atoms with Gasteiger partial charge in [-0.3, -0.25) is 0 Å². The van der Waals surface area contributed by atoms with E-state index in [2.05, 4.69) is 102 Å². The third-order valence-corrected chi connectivity index (χ3v) is 7.75. The van der Waals surface area contributed by atoms with Crippen molar-refractivity contribution in [2.24, 2.45) is 0 Å². The summed E-state index contributed by atoms with van der Waals surface area (Å²) in [7, 11) is -2.79. The first-order valence-corrected chi connectivity index (χ1v) is 16.5. The van der Waals surface area contributed by atoms with Crippen LogP contribution in [0.25, 0.3) is 0 Å². The quantitative estimate of drug-likeness (QED) is 0.313. The summed E-state index contributed by atoms with van der Waals surface area (Å²) in [5, 5.41) is 0. The van der Waals surface area contributed by atoms with Gasteiger partial charge >= 0.3 is 0 Å². The van der Waals surface area contributed by atoms with Crippen LogP contribution in [0.15, 0.2) is 47.4 Å². The Balaban J connectivity index is 2.51. The summed E-state index contributed by atoms with van der Waals surface area (Å²) in [4.78, 5) is 0.957. The fraction of sp³-hybridized carbons (Fsp3) is 0.500. The second-order valence-electron chi connectivity index (χ2n) is 10.6. The van der Waals surface area contributed by atoms with Gasteiger partial charge in [-0.2, -0.15) is 0 Å². The standard InChI is InChI=1S/C28H41NOSSi/c1-20(2)24-18-25(21(3)4)28(26(19-24)22(5)6)31(30)29-27(16-13-17-32(7,8)9)23-14-11-10-12-15-23/h10-12,14-15,18-22,27,29H,16H2,1-9H3. The van der Waals surface area contributed by atoms with E-state index in [4.69, 9.17) is 0 Å². The highest BCUT2D eigenvalue weighted by Crippen LogP contribution is 2.34. The van der Waals surface area contributed by atoms with E-state index in [1.54, 1.807) is 0 Å². The number of nitrogens with one attached hydrogen (secondary N) is 1. The van der Waals surface area contributed by atoms with Gasteiger partial charge in [0, 0.05) is 6.42 Å². The lowest BCUT2D eigenvalue weighted by molar-refractivity contribution is 0.630. The van der Waals surface area contributed by atoms with Crippen molar-refractivity contribution in [3.8, 4) is 11.5 Å². The van der Waals surface area contributed by atoms with Crippen LogP contribution in [0, 0.1) is 11.5 Å². The molecule has 32 heavy (non-hydrogen) atoms. The zero-order chi connectivity index (χ0) is 24.1. The monoisotopic (exact) mass is 467 g/mol. The van der Waals surface area contributed by atoms with Crippen molar-refractivity contribution in [3.63, 3.8) is 0 Å². The number of rotatable bonds is 8. The van der Waals surface area contributed by atoms with E-state index >= 15 is 0 Å². The van der Waals surface area contributed by atoms with Crippen LogP contribution in [0.3, 0.4) is 0 Å². The summed E-state index contributed by atoms with van der Waals surface area (Å²) in [5.41, 5.74) is 8.28. The van der Waals surface area contributed by atoms with Crippen LogP contribution < -0.4 is 4.72 Å². The lowest BCUT2D eigenvalue weighted by atomic mass is 9.89. The SMILES string of the molecule is CC(C)c1cc(C(C)C)c(S(=O)NC(CC#C[Si](C)(C)C)c2ccccc2)c(C(C)C)c1. The van der Waals surface area contributed by atoms with Crippen molar-refractivity contribution >= 4 is 19.1 Å². The molecule has 0 saturated heterocycles. The molecule has 0 fully saturated rings. The molecule has 0 aliphatic carbocycles. The van der Waals surface area contributed by atoms with Crippen molar-refractivity contribution in [1.82, 2.24) is 4.72 Å². The van der Waals surface area contributed by atoms with Crippen LogP contribution in [0.2, 0.25) is 19.6 Å². The molecule has 0 radical (unpaired) electrons. The van der Waals surface area contributed by atoms with Gasteiger partial charge < -0.3 is 0 Å². The number of hydrogen-bond donors (Lipinski definition) is 1. The average molecular weight is 468 g/mol. The highest BCUT2D eigenvalue weighted by molar-refractivity contribution is 7.83. The Hall–Kier alpha value is -1.67. The molecule has 0 spiro atoms. The van der Waals surface area contributed by atoms with Gasteiger partial charge in [-0.15, -0.1) is 11.5 Å². The number of benzene rings is 2. The maximum Gasteiger partial charge on any atom is 0.129 e. The molecule has 0 aliphatic heterocycles. The Morgan fingerprint density at radius 3 is 1.81 bits per heavy atom. The van der Waals surface area contributed by atoms with Crippen molar-refractivity contribution in [1.29, 1.82) is 0 Å². The Labute approximate surface area is 200 Å². The summed E-state index contributed by atoms with van der Waals surface area (Å²) in [5.74, 6) is 4.43. The van der Waals surface area contributed by atoms with E-state index in [9.17, 15) is 4.21 Å². The highest BCUT2D eigenvalue weighted by Gasteiger charge is 2.24. The lowest BCUT2D eigenvalue weighted by Gasteiger charge is -2.24. The molecule has 2 aromatic carbocycles. The van der Waals surface area contributed by atoms with E-state index in [-0.39, 0.29) is 6.04 Å². The predicted molar refractivity (Wildman–Crippen MR) is 143 cm³/mol. The van der Waals surface area contributed by atoms with Gasteiger partial charge in [0.05, 0.1) is 10.9 Å². The van der Waals surface area contributed by atoms with Crippen LogP contribution in [0.4, 0.5) is 0 Å². The van der Waals surface area contributed by atoms with E-state index in [1.807, 2.05) is 18.2 Å². The first kappa shape index (κ1) is 26.6. The minimum absolute atomic E-state index is 0.0781. The molecular weight excluding hydrogens is 426 g/mol. The molecule has 2 aromatic rings. The minimum Gasteiger partial charge on any atom is -0.237 e. The largest absolute Gasteiger partial charge is 0.237 e. The molecule has 0 saturated carbocycles. The first-order chi connectivity index (χ1) is 14.9. The van der Waals surface area contributed by atoms with E-state index < -0.39 is 19.1 Å². The van der Waals surface area contributed by atoms with Crippen LogP contribution in [-0.4, -0.2) is 12.3 Å². The third-order valence-electron chi connectivity index (χ3n) is 5.49. The van der Waals surface area contributed by atoms with Gasteiger partial charge in [-0.05, 0) is 40.0 Å². The Morgan fingerprint density at radius 2 is 1.38 bits per heavy atom. The summed E-state index contributed by atoms with van der Waals surface area (Å²) < 4.78 is 17.3. The molecule has 2 rings (SSSR count). The smallest absolute Gasteiger partial charge is 0.129 e. The molecular formula is C28H41NOSSi. The van der Waals surface area contributed by atoms with Gasteiger partial charge in [-0.1, -0.05) is 104 Å². The maximum atomic E-state index is 13.9. The van der Waals surface area contributed by atoms with Crippen molar-refractivity contribution < 1.29 is 4.21 Å². The molecule has 2 atom stereocenters. The van der Waals surface area contributed by atoms with Gasteiger partial charge in [-0.25, -0.2) is 8.93 Å². The van der Waals surface area contributed by atoms with Crippen LogP contribution in [0.5, 0.6) is 0 Å². The van der Waals surface area contributed by atoms with Gasteiger partial charge in [0.1, 0.15) is 19.1 Å². The zero-order valence-electron chi connectivity index (χ0n) is 21.4.